The molecule has 2 aromatic carbocycles. The van der Waals surface area contributed by atoms with E-state index in [0.717, 1.165) is 25.2 Å². The molecule has 13 heteroatoms. The number of halogens is 2. The van der Waals surface area contributed by atoms with E-state index in [1.807, 2.05) is 7.05 Å². The smallest absolute Gasteiger partial charge is 0.274 e. The van der Waals surface area contributed by atoms with Gasteiger partial charge in [0.25, 0.3) is 11.5 Å². The number of fused-ring (bicyclic) bond motifs is 1. The molecule has 0 aliphatic carbocycles. The topological polar surface area (TPSA) is 117 Å². The monoisotopic (exact) mass is 585 g/mol. The quantitative estimate of drug-likeness (QED) is 0.341. The molecule has 5 rings (SSSR count). The van der Waals surface area contributed by atoms with Crippen LogP contribution in [0.15, 0.2) is 53.5 Å². The minimum absolute atomic E-state index is 0.114. The minimum atomic E-state index is -3.64. The van der Waals surface area contributed by atoms with Crippen LogP contribution in [0.2, 0.25) is 0 Å². The lowest BCUT2D eigenvalue weighted by Gasteiger charge is -2.32. The third kappa shape index (κ3) is 5.81. The number of nitrogens with one attached hydrogen (secondary N) is 2. The zero-order valence-electron chi connectivity index (χ0n) is 22.7. The van der Waals surface area contributed by atoms with Crippen LogP contribution < -0.4 is 15.0 Å². The molecule has 1 aliphatic rings. The number of hydrogen-bond acceptors (Lipinski definition) is 6. The number of hydrogen-bond donors (Lipinski definition) is 2. The fourth-order valence-corrected chi connectivity index (χ4v) is 5.30. The second-order valence-corrected chi connectivity index (χ2v) is 11.9. The van der Waals surface area contributed by atoms with Crippen LogP contribution in [0, 0.1) is 11.6 Å². The Labute approximate surface area is 235 Å². The number of benzene rings is 2. The Morgan fingerprint density at radius 1 is 1.00 bits per heavy atom. The van der Waals surface area contributed by atoms with Gasteiger partial charge in [0.15, 0.2) is 11.6 Å². The molecular formula is C28H29F2N5O5S. The Morgan fingerprint density at radius 3 is 2.39 bits per heavy atom. The molecular weight excluding hydrogens is 556 g/mol. The first-order chi connectivity index (χ1) is 19.5. The van der Waals surface area contributed by atoms with Gasteiger partial charge in [0.1, 0.15) is 22.8 Å². The number of aromatic nitrogens is 2. The lowest BCUT2D eigenvalue weighted by atomic mass is 10.0. The summed E-state index contributed by atoms with van der Waals surface area (Å²) in [4.78, 5) is 33.2. The molecule has 1 amide bonds. The van der Waals surface area contributed by atoms with Crippen molar-refractivity contribution in [3.05, 3.63) is 76.3 Å². The molecule has 2 N–H and O–H groups in total. The first-order valence-electron chi connectivity index (χ1n) is 12.9. The summed E-state index contributed by atoms with van der Waals surface area (Å²) in [5, 5.41) is 0.394. The highest BCUT2D eigenvalue weighted by Crippen LogP contribution is 2.39. The fraction of sp³-hybridized carbons (Fsp3) is 0.286. The Hall–Kier alpha value is -4.23. The van der Waals surface area contributed by atoms with Crippen LogP contribution >= 0.6 is 0 Å². The number of carbonyl (C=O) groups excluding carboxylic acids is 1. The van der Waals surface area contributed by atoms with Crippen molar-refractivity contribution in [1.82, 2.24) is 19.4 Å². The van der Waals surface area contributed by atoms with Gasteiger partial charge in [0, 0.05) is 67.7 Å². The van der Waals surface area contributed by atoms with E-state index in [2.05, 4.69) is 14.6 Å². The third-order valence-electron chi connectivity index (χ3n) is 7.02. The molecule has 10 nitrogen and oxygen atoms in total. The van der Waals surface area contributed by atoms with Crippen LogP contribution in [0.1, 0.15) is 17.4 Å². The molecule has 0 saturated carbocycles. The summed E-state index contributed by atoms with van der Waals surface area (Å²) in [6, 6.07) is 8.86. The van der Waals surface area contributed by atoms with E-state index < -0.39 is 21.7 Å². The number of carbonyl (C=O) groups is 1. The highest BCUT2D eigenvalue weighted by molar-refractivity contribution is 7.92. The zero-order chi connectivity index (χ0) is 29.5. The van der Waals surface area contributed by atoms with Gasteiger partial charge in [0.2, 0.25) is 10.0 Å². The average Bonchev–Trinajstić information content (AvgIpc) is 3.39. The Kier molecular flexibility index (Phi) is 7.58. The lowest BCUT2D eigenvalue weighted by Crippen LogP contribution is -2.47. The highest BCUT2D eigenvalue weighted by atomic mass is 32.2. The summed E-state index contributed by atoms with van der Waals surface area (Å²) < 4.78 is 62.3. The Morgan fingerprint density at radius 2 is 1.71 bits per heavy atom. The van der Waals surface area contributed by atoms with E-state index >= 15 is 0 Å². The standard InChI is InChI=1S/C28H29F2N5O5S/c1-4-41(38,39)32-18-6-8-24(40-25-7-5-17(29)13-22(25)30)19(14-18)21-16-34(3)28(37)26-20(21)15-23(31-26)27(36)35-11-9-33(2)10-12-35/h5-8,13-16,31-32H,4,9-12H2,1-3H3. The number of piperazine rings is 1. The molecule has 2 aromatic heterocycles. The number of H-pyrrole nitrogens is 1. The van der Waals surface area contributed by atoms with E-state index in [0.29, 0.717) is 35.7 Å². The number of aryl methyl sites for hydroxylation is 1. The number of likely N-dealkylation sites (N-methyl/N-ethyl adjacent to an activating group) is 1. The largest absolute Gasteiger partial charge is 0.454 e. The minimum Gasteiger partial charge on any atom is -0.454 e. The third-order valence-corrected chi connectivity index (χ3v) is 8.33. The molecule has 1 fully saturated rings. The van der Waals surface area contributed by atoms with Gasteiger partial charge in [0.05, 0.1) is 5.75 Å². The van der Waals surface area contributed by atoms with Crippen molar-refractivity contribution in [3.63, 3.8) is 0 Å². The summed E-state index contributed by atoms with van der Waals surface area (Å²) in [5.74, 6) is -2.26. The van der Waals surface area contributed by atoms with E-state index in [4.69, 9.17) is 4.74 Å². The van der Waals surface area contributed by atoms with Gasteiger partial charge >= 0.3 is 0 Å². The van der Waals surface area contributed by atoms with Gasteiger partial charge in [-0.25, -0.2) is 17.2 Å². The van der Waals surface area contributed by atoms with Crippen molar-refractivity contribution in [2.45, 2.75) is 6.92 Å². The maximum atomic E-state index is 14.5. The molecule has 0 bridgehead atoms. The molecule has 0 unspecified atom stereocenters. The first-order valence-corrected chi connectivity index (χ1v) is 14.6. The normalized spacial score (nSPS) is 14.4. The maximum Gasteiger partial charge on any atom is 0.274 e. The van der Waals surface area contributed by atoms with Crippen molar-refractivity contribution in [3.8, 4) is 22.6 Å². The Balaban J connectivity index is 1.67. The van der Waals surface area contributed by atoms with E-state index in [1.54, 1.807) is 11.0 Å². The number of anilines is 1. The summed E-state index contributed by atoms with van der Waals surface area (Å²) in [6.07, 6.45) is 1.53. The summed E-state index contributed by atoms with van der Waals surface area (Å²) in [7, 11) is -0.124. The summed E-state index contributed by atoms with van der Waals surface area (Å²) >= 11 is 0. The molecule has 0 radical (unpaired) electrons. The van der Waals surface area contributed by atoms with Crippen LogP contribution in [0.5, 0.6) is 11.5 Å². The molecule has 4 aromatic rings. The van der Waals surface area contributed by atoms with Crippen molar-refractivity contribution >= 4 is 32.5 Å². The van der Waals surface area contributed by atoms with E-state index in [9.17, 15) is 26.8 Å². The number of ether oxygens (including phenoxy) is 1. The molecule has 0 spiro atoms. The molecule has 41 heavy (non-hydrogen) atoms. The van der Waals surface area contributed by atoms with Gasteiger partial charge in [-0.2, -0.15) is 0 Å². The highest BCUT2D eigenvalue weighted by Gasteiger charge is 2.24. The van der Waals surface area contributed by atoms with Crippen LogP contribution in [0.25, 0.3) is 22.0 Å². The molecule has 3 heterocycles. The molecule has 1 aliphatic heterocycles. The van der Waals surface area contributed by atoms with Crippen LogP contribution in [0.3, 0.4) is 0 Å². The second kappa shape index (κ2) is 11.0. The van der Waals surface area contributed by atoms with Gasteiger partial charge < -0.3 is 24.1 Å². The van der Waals surface area contributed by atoms with Crippen LogP contribution in [-0.4, -0.2) is 72.7 Å². The molecule has 216 valence electrons. The van der Waals surface area contributed by atoms with Crippen LogP contribution in [0.4, 0.5) is 14.5 Å². The van der Waals surface area contributed by atoms with Crippen molar-refractivity contribution in [1.29, 1.82) is 0 Å². The number of aromatic amines is 1. The number of pyridine rings is 1. The predicted molar refractivity (Wildman–Crippen MR) is 152 cm³/mol. The number of amides is 1. The second-order valence-electron chi connectivity index (χ2n) is 9.92. The SMILES string of the molecule is CCS(=O)(=O)Nc1ccc(Oc2ccc(F)cc2F)c(-c2cn(C)c(=O)c3[nH]c(C(=O)N4CCN(C)CC4)cc23)c1. The van der Waals surface area contributed by atoms with Crippen molar-refractivity contribution in [2.24, 2.45) is 7.05 Å². The first kappa shape index (κ1) is 28.3. The lowest BCUT2D eigenvalue weighted by molar-refractivity contribution is 0.0659. The van der Waals surface area contributed by atoms with Crippen LogP contribution in [-0.2, 0) is 17.1 Å². The van der Waals surface area contributed by atoms with Gasteiger partial charge in [-0.1, -0.05) is 0 Å². The van der Waals surface area contributed by atoms with Gasteiger partial charge in [-0.05, 0) is 50.4 Å². The number of sulfonamides is 1. The number of rotatable bonds is 7. The van der Waals surface area contributed by atoms with Crippen molar-refractivity contribution in [2.75, 3.05) is 43.7 Å². The molecule has 1 saturated heterocycles. The Bertz CT molecular complexity index is 1810. The van der Waals surface area contributed by atoms with E-state index in [-0.39, 0.29) is 45.6 Å². The van der Waals surface area contributed by atoms with E-state index in [1.165, 1.54) is 42.9 Å². The summed E-state index contributed by atoms with van der Waals surface area (Å²) in [6.45, 7) is 4.01. The fourth-order valence-electron chi connectivity index (χ4n) is 4.66. The zero-order valence-corrected chi connectivity index (χ0v) is 23.5. The average molecular weight is 586 g/mol. The predicted octanol–water partition coefficient (Wildman–Crippen LogP) is 3.75. The van der Waals surface area contributed by atoms with Gasteiger partial charge in [-0.15, -0.1) is 0 Å². The van der Waals surface area contributed by atoms with Gasteiger partial charge in [-0.3, -0.25) is 14.3 Å². The van der Waals surface area contributed by atoms with Crippen molar-refractivity contribution < 1.29 is 26.7 Å². The molecule has 0 atom stereocenters. The maximum absolute atomic E-state index is 14.5. The number of nitrogens with zero attached hydrogens (tertiary/aromatic N) is 3. The summed E-state index contributed by atoms with van der Waals surface area (Å²) in [5.41, 5.74) is 0.954.